The van der Waals surface area contributed by atoms with Crippen LogP contribution in [0.15, 0.2) is 47.5 Å². The van der Waals surface area contributed by atoms with E-state index in [0.29, 0.717) is 12.0 Å². The number of aryl methyl sites for hydroxylation is 1. The smallest absolute Gasteiger partial charge is 0.243 e. The van der Waals surface area contributed by atoms with Gasteiger partial charge in [-0.05, 0) is 18.2 Å². The van der Waals surface area contributed by atoms with E-state index < -0.39 is 22.2 Å². The Hall–Kier alpha value is -1.67. The lowest BCUT2D eigenvalue weighted by Gasteiger charge is -2.39. The number of hydrogen-bond donors (Lipinski definition) is 2. The van der Waals surface area contributed by atoms with Gasteiger partial charge in [0.25, 0.3) is 0 Å². The number of aliphatic hydroxyl groups is 2. The van der Waals surface area contributed by atoms with Crippen LogP contribution in [0.2, 0.25) is 0 Å². The molecule has 1 aliphatic heterocycles. The van der Waals surface area contributed by atoms with E-state index in [2.05, 4.69) is 0 Å². The molecule has 23 heavy (non-hydrogen) atoms. The molecule has 1 aliphatic rings. The van der Waals surface area contributed by atoms with Gasteiger partial charge in [0, 0.05) is 37.5 Å². The second-order valence-corrected chi connectivity index (χ2v) is 7.56. The van der Waals surface area contributed by atoms with Gasteiger partial charge >= 0.3 is 0 Å². The average molecular weight is 336 g/mol. The highest BCUT2D eigenvalue weighted by atomic mass is 32.2. The highest BCUT2D eigenvalue weighted by Gasteiger charge is 2.43. The molecule has 0 aliphatic carbocycles. The molecule has 0 spiro atoms. The van der Waals surface area contributed by atoms with Crippen molar-refractivity contribution in [1.29, 1.82) is 0 Å². The minimum absolute atomic E-state index is 0.0389. The van der Waals surface area contributed by atoms with Crippen molar-refractivity contribution in [1.82, 2.24) is 8.87 Å². The molecule has 0 bridgehead atoms. The fourth-order valence-electron chi connectivity index (χ4n) is 3.15. The van der Waals surface area contributed by atoms with Crippen LogP contribution < -0.4 is 0 Å². The Balaban J connectivity index is 2.08. The average Bonchev–Trinajstić information content (AvgIpc) is 2.94. The highest BCUT2D eigenvalue weighted by molar-refractivity contribution is 7.89. The predicted octanol–water partition coefficient (Wildman–Crippen LogP) is 0.666. The molecule has 6 nitrogen and oxygen atoms in total. The van der Waals surface area contributed by atoms with Crippen molar-refractivity contribution in [2.45, 2.75) is 23.5 Å². The fraction of sp³-hybridized carbons (Fsp3) is 0.375. The largest absolute Gasteiger partial charge is 0.395 e. The van der Waals surface area contributed by atoms with E-state index in [1.54, 1.807) is 18.2 Å². The van der Waals surface area contributed by atoms with E-state index in [4.69, 9.17) is 0 Å². The Bertz CT molecular complexity index is 800. The number of sulfonamides is 1. The highest BCUT2D eigenvalue weighted by Crippen LogP contribution is 2.37. The zero-order chi connectivity index (χ0) is 16.6. The summed E-state index contributed by atoms with van der Waals surface area (Å²) in [5, 5.41) is 20.0. The first-order valence-corrected chi connectivity index (χ1v) is 8.90. The van der Waals surface area contributed by atoms with Gasteiger partial charge in [-0.25, -0.2) is 8.42 Å². The van der Waals surface area contributed by atoms with Crippen LogP contribution in [0.5, 0.6) is 0 Å². The quantitative estimate of drug-likeness (QED) is 0.859. The summed E-state index contributed by atoms with van der Waals surface area (Å²) >= 11 is 0. The Morgan fingerprint density at radius 1 is 1.17 bits per heavy atom. The predicted molar refractivity (Wildman–Crippen MR) is 85.3 cm³/mol. The molecule has 0 unspecified atom stereocenters. The second-order valence-electron chi connectivity index (χ2n) is 5.70. The topological polar surface area (TPSA) is 82.8 Å². The third-order valence-corrected chi connectivity index (χ3v) is 6.35. The van der Waals surface area contributed by atoms with Crippen molar-refractivity contribution < 1.29 is 18.6 Å². The third-order valence-electron chi connectivity index (χ3n) is 4.35. The standard InChI is InChI=1S/C16H20N2O4S/c1-17-8-4-5-12(17)11-14-16(20)13-6-2-3-7-15(13)23(21,22)18(14)9-10-19/h2-8,14,16,19-20H,9-11H2,1H3/t14-,16+/m1/s1. The molecular weight excluding hydrogens is 316 g/mol. The van der Waals surface area contributed by atoms with E-state index in [-0.39, 0.29) is 18.0 Å². The van der Waals surface area contributed by atoms with Crippen LogP contribution in [0.3, 0.4) is 0 Å². The molecule has 0 radical (unpaired) electrons. The zero-order valence-corrected chi connectivity index (χ0v) is 13.6. The lowest BCUT2D eigenvalue weighted by molar-refractivity contribution is 0.0716. The summed E-state index contributed by atoms with van der Waals surface area (Å²) in [6.07, 6.45) is 1.32. The van der Waals surface area contributed by atoms with E-state index >= 15 is 0 Å². The number of fused-ring (bicyclic) bond motifs is 1. The first-order valence-electron chi connectivity index (χ1n) is 7.46. The fourth-order valence-corrected chi connectivity index (χ4v) is 5.01. The maximum Gasteiger partial charge on any atom is 0.243 e. The Morgan fingerprint density at radius 3 is 2.57 bits per heavy atom. The number of aliphatic hydroxyl groups excluding tert-OH is 2. The van der Waals surface area contributed by atoms with Crippen molar-refractivity contribution in [2.75, 3.05) is 13.2 Å². The summed E-state index contributed by atoms with van der Waals surface area (Å²) < 4.78 is 28.8. The van der Waals surface area contributed by atoms with E-state index in [9.17, 15) is 18.6 Å². The van der Waals surface area contributed by atoms with Gasteiger partial charge in [0.15, 0.2) is 0 Å². The number of nitrogens with zero attached hydrogens (tertiary/aromatic N) is 2. The molecule has 0 fully saturated rings. The third kappa shape index (κ3) is 2.70. The summed E-state index contributed by atoms with van der Waals surface area (Å²) in [7, 11) is -1.86. The summed E-state index contributed by atoms with van der Waals surface area (Å²) in [6.45, 7) is -0.333. The second kappa shape index (κ2) is 6.09. The number of rotatable bonds is 4. The minimum Gasteiger partial charge on any atom is -0.395 e. The number of β-amino-alcohol motifs (C(OH)–C–C–N with tert-alkyl or cyclic N) is 1. The monoisotopic (exact) mass is 336 g/mol. The minimum atomic E-state index is -3.74. The molecule has 0 amide bonds. The van der Waals surface area contributed by atoms with Crippen LogP contribution in [-0.4, -0.2) is 46.7 Å². The van der Waals surface area contributed by atoms with Crippen LogP contribution in [0.25, 0.3) is 0 Å². The van der Waals surface area contributed by atoms with Crippen LogP contribution in [0, 0.1) is 0 Å². The molecule has 2 atom stereocenters. The molecule has 1 aromatic heterocycles. The van der Waals surface area contributed by atoms with Gasteiger partial charge in [0.1, 0.15) is 0 Å². The molecule has 2 aromatic rings. The molecule has 1 aromatic carbocycles. The van der Waals surface area contributed by atoms with Gasteiger partial charge < -0.3 is 14.8 Å². The van der Waals surface area contributed by atoms with Gasteiger partial charge in [0.05, 0.1) is 23.6 Å². The van der Waals surface area contributed by atoms with Crippen LogP contribution in [-0.2, 0) is 23.5 Å². The summed E-state index contributed by atoms with van der Waals surface area (Å²) in [6, 6.07) is 9.63. The Morgan fingerprint density at radius 2 is 1.91 bits per heavy atom. The van der Waals surface area contributed by atoms with E-state index in [0.717, 1.165) is 5.69 Å². The maximum absolute atomic E-state index is 12.9. The van der Waals surface area contributed by atoms with E-state index in [1.165, 1.54) is 10.4 Å². The molecule has 2 N–H and O–H groups in total. The zero-order valence-electron chi connectivity index (χ0n) is 12.8. The normalized spacial score (nSPS) is 23.6. The number of hydrogen-bond acceptors (Lipinski definition) is 4. The first-order chi connectivity index (χ1) is 11.0. The lowest BCUT2D eigenvalue weighted by Crippen LogP contribution is -2.50. The first kappa shape index (κ1) is 16.2. The summed E-state index contributed by atoms with van der Waals surface area (Å²) in [5.74, 6) is 0. The van der Waals surface area contributed by atoms with Crippen LogP contribution in [0.4, 0.5) is 0 Å². The Labute approximate surface area is 135 Å². The van der Waals surface area contributed by atoms with Crippen molar-refractivity contribution in [3.05, 3.63) is 53.9 Å². The van der Waals surface area contributed by atoms with Crippen molar-refractivity contribution in [3.63, 3.8) is 0 Å². The summed E-state index contributed by atoms with van der Waals surface area (Å²) in [5.41, 5.74) is 1.34. The maximum atomic E-state index is 12.9. The molecule has 0 saturated carbocycles. The molecule has 124 valence electrons. The van der Waals surface area contributed by atoms with E-state index in [1.807, 2.05) is 29.9 Å². The van der Waals surface area contributed by atoms with Crippen molar-refractivity contribution in [3.8, 4) is 0 Å². The molecular formula is C16H20N2O4S. The van der Waals surface area contributed by atoms with Crippen molar-refractivity contribution in [2.24, 2.45) is 7.05 Å². The van der Waals surface area contributed by atoms with Gasteiger partial charge in [-0.2, -0.15) is 4.31 Å². The molecule has 7 heteroatoms. The van der Waals surface area contributed by atoms with Gasteiger partial charge in [-0.15, -0.1) is 0 Å². The van der Waals surface area contributed by atoms with Crippen LogP contribution in [0.1, 0.15) is 17.4 Å². The van der Waals surface area contributed by atoms with Gasteiger partial charge in [0.2, 0.25) is 10.0 Å². The number of benzene rings is 1. The molecule has 3 rings (SSSR count). The molecule has 0 saturated heterocycles. The van der Waals surface area contributed by atoms with Gasteiger partial charge in [-0.1, -0.05) is 18.2 Å². The van der Waals surface area contributed by atoms with Crippen LogP contribution >= 0.6 is 0 Å². The Kier molecular flexibility index (Phi) is 4.29. The molecule has 2 heterocycles. The summed E-state index contributed by atoms with van der Waals surface area (Å²) in [4.78, 5) is 0.115. The lowest BCUT2D eigenvalue weighted by atomic mass is 9.97. The number of aromatic nitrogens is 1. The SMILES string of the molecule is Cn1cccc1C[C@@H]1[C@@H](O)c2ccccc2S(=O)(=O)N1CCO. The van der Waals surface area contributed by atoms with Gasteiger partial charge in [-0.3, -0.25) is 0 Å². The van der Waals surface area contributed by atoms with Crippen molar-refractivity contribution >= 4 is 10.0 Å².